The van der Waals surface area contributed by atoms with Crippen LogP contribution in [0.15, 0.2) is 5.16 Å². The van der Waals surface area contributed by atoms with E-state index in [-0.39, 0.29) is 17.9 Å². The molecule has 1 aliphatic heterocycles. The first kappa shape index (κ1) is 14.0. The summed E-state index contributed by atoms with van der Waals surface area (Å²) in [6, 6.07) is 0.205. The van der Waals surface area contributed by atoms with Crippen LogP contribution in [0.25, 0.3) is 0 Å². The zero-order valence-electron chi connectivity index (χ0n) is 10.9. The van der Waals surface area contributed by atoms with Gasteiger partial charge in [0.25, 0.3) is 0 Å². The largest absolute Gasteiger partial charge is 0.411 e. The van der Waals surface area contributed by atoms with Gasteiger partial charge in [-0.05, 0) is 13.8 Å². The zero-order valence-corrected chi connectivity index (χ0v) is 10.9. The number of hydrogen-bond acceptors (Lipinski definition) is 4. The molecule has 0 radical (unpaired) electrons. The van der Waals surface area contributed by atoms with Crippen LogP contribution in [0.2, 0.25) is 0 Å². The molecule has 2 N–H and O–H groups in total. The van der Waals surface area contributed by atoms with Gasteiger partial charge in [-0.2, -0.15) is 0 Å². The molecule has 1 saturated heterocycles. The Morgan fingerprint density at radius 3 is 2.88 bits per heavy atom. The second-order valence-electron chi connectivity index (χ2n) is 5.02. The molecule has 1 amide bonds. The van der Waals surface area contributed by atoms with E-state index in [0.717, 1.165) is 31.8 Å². The minimum absolute atomic E-state index is 0.106. The number of piperidine rings is 1. The average Bonchev–Trinajstić information content (AvgIpc) is 2.25. The van der Waals surface area contributed by atoms with Crippen molar-refractivity contribution >= 4 is 11.6 Å². The Bertz CT molecular complexity index is 289. The van der Waals surface area contributed by atoms with Gasteiger partial charge in [0, 0.05) is 44.4 Å². The number of rotatable bonds is 4. The molecule has 0 aromatic heterocycles. The van der Waals surface area contributed by atoms with Crippen molar-refractivity contribution in [3.63, 3.8) is 0 Å². The normalized spacial score (nSPS) is 24.2. The summed E-state index contributed by atoms with van der Waals surface area (Å²) in [4.78, 5) is 13.7. The SMILES string of the molecule is CC(C)NC(=O)CCN1CCC(=NO)C(C)C1. The van der Waals surface area contributed by atoms with Crippen LogP contribution in [0, 0.1) is 5.92 Å². The number of hydrogen-bond donors (Lipinski definition) is 2. The van der Waals surface area contributed by atoms with Crippen LogP contribution in [0.3, 0.4) is 0 Å². The van der Waals surface area contributed by atoms with Crippen LogP contribution in [-0.2, 0) is 4.79 Å². The highest BCUT2D eigenvalue weighted by Crippen LogP contribution is 2.13. The number of carbonyl (C=O) groups excluding carboxylic acids is 1. The molecule has 1 fully saturated rings. The molecule has 0 aliphatic carbocycles. The van der Waals surface area contributed by atoms with Gasteiger partial charge in [0.2, 0.25) is 5.91 Å². The predicted octanol–water partition coefficient (Wildman–Crippen LogP) is 1.07. The highest BCUT2D eigenvalue weighted by atomic mass is 16.4. The lowest BCUT2D eigenvalue weighted by Gasteiger charge is -2.31. The smallest absolute Gasteiger partial charge is 0.221 e. The molecule has 1 unspecified atom stereocenters. The van der Waals surface area contributed by atoms with E-state index >= 15 is 0 Å². The number of amides is 1. The predicted molar refractivity (Wildman–Crippen MR) is 67.3 cm³/mol. The molecule has 1 rings (SSSR count). The zero-order chi connectivity index (χ0) is 12.8. The fraction of sp³-hybridized carbons (Fsp3) is 0.833. The van der Waals surface area contributed by atoms with E-state index in [1.165, 1.54) is 0 Å². The summed E-state index contributed by atoms with van der Waals surface area (Å²) in [7, 11) is 0. The van der Waals surface area contributed by atoms with Crippen molar-refractivity contribution in [2.45, 2.75) is 39.7 Å². The average molecular weight is 241 g/mol. The number of nitrogens with zero attached hydrogens (tertiary/aromatic N) is 2. The highest BCUT2D eigenvalue weighted by molar-refractivity contribution is 5.87. The number of oxime groups is 1. The van der Waals surface area contributed by atoms with Gasteiger partial charge in [-0.15, -0.1) is 0 Å². The quantitative estimate of drug-likeness (QED) is 0.571. The molecular formula is C12H23N3O2. The van der Waals surface area contributed by atoms with Gasteiger partial charge in [-0.1, -0.05) is 12.1 Å². The molecule has 0 bridgehead atoms. The lowest BCUT2D eigenvalue weighted by Crippen LogP contribution is -2.42. The van der Waals surface area contributed by atoms with Crippen LogP contribution < -0.4 is 5.32 Å². The lowest BCUT2D eigenvalue weighted by molar-refractivity contribution is -0.121. The molecular weight excluding hydrogens is 218 g/mol. The summed E-state index contributed by atoms with van der Waals surface area (Å²) in [6.45, 7) is 8.50. The maximum atomic E-state index is 11.5. The highest BCUT2D eigenvalue weighted by Gasteiger charge is 2.22. The first-order valence-electron chi connectivity index (χ1n) is 6.25. The molecule has 0 aromatic carbocycles. The van der Waals surface area contributed by atoms with Crippen molar-refractivity contribution in [3.8, 4) is 0 Å². The minimum atomic E-state index is 0.106. The summed E-state index contributed by atoms with van der Waals surface area (Å²) in [6.07, 6.45) is 1.33. The fourth-order valence-corrected chi connectivity index (χ4v) is 2.11. The van der Waals surface area contributed by atoms with E-state index in [9.17, 15) is 4.79 Å². The molecule has 17 heavy (non-hydrogen) atoms. The van der Waals surface area contributed by atoms with Crippen molar-refractivity contribution in [2.75, 3.05) is 19.6 Å². The molecule has 0 spiro atoms. The molecule has 1 heterocycles. The third kappa shape index (κ3) is 4.73. The second-order valence-corrected chi connectivity index (χ2v) is 5.02. The Morgan fingerprint density at radius 1 is 1.65 bits per heavy atom. The molecule has 1 atom stereocenters. The molecule has 5 heteroatoms. The summed E-state index contributed by atoms with van der Waals surface area (Å²) < 4.78 is 0. The Balaban J connectivity index is 2.28. The van der Waals surface area contributed by atoms with E-state index in [1.54, 1.807) is 0 Å². The first-order chi connectivity index (χ1) is 8.02. The van der Waals surface area contributed by atoms with Crippen molar-refractivity contribution in [3.05, 3.63) is 0 Å². The monoisotopic (exact) mass is 241 g/mol. The van der Waals surface area contributed by atoms with Crippen LogP contribution >= 0.6 is 0 Å². The maximum Gasteiger partial charge on any atom is 0.221 e. The molecule has 1 aliphatic rings. The summed E-state index contributed by atoms with van der Waals surface area (Å²) in [5.41, 5.74) is 0.868. The lowest BCUT2D eigenvalue weighted by atomic mass is 9.97. The maximum absolute atomic E-state index is 11.5. The Labute approximate surface area is 103 Å². The van der Waals surface area contributed by atoms with E-state index in [2.05, 4.69) is 22.3 Å². The van der Waals surface area contributed by atoms with Gasteiger partial charge >= 0.3 is 0 Å². The van der Waals surface area contributed by atoms with E-state index < -0.39 is 0 Å². The molecule has 5 nitrogen and oxygen atoms in total. The summed E-state index contributed by atoms with van der Waals surface area (Å²) in [5.74, 6) is 0.385. The third-order valence-corrected chi connectivity index (χ3v) is 3.02. The van der Waals surface area contributed by atoms with Gasteiger partial charge in [-0.25, -0.2) is 0 Å². The van der Waals surface area contributed by atoms with E-state index in [1.807, 2.05) is 13.8 Å². The third-order valence-electron chi connectivity index (χ3n) is 3.02. The molecule has 0 saturated carbocycles. The topological polar surface area (TPSA) is 64.9 Å². The summed E-state index contributed by atoms with van der Waals surface area (Å²) in [5, 5.41) is 15.0. The van der Waals surface area contributed by atoms with Crippen molar-refractivity contribution in [1.82, 2.24) is 10.2 Å². The van der Waals surface area contributed by atoms with Crippen LogP contribution in [0.4, 0.5) is 0 Å². The van der Waals surface area contributed by atoms with Crippen LogP contribution in [0.5, 0.6) is 0 Å². The van der Waals surface area contributed by atoms with Gasteiger partial charge < -0.3 is 15.4 Å². The number of nitrogens with one attached hydrogen (secondary N) is 1. The van der Waals surface area contributed by atoms with Gasteiger partial charge in [0.15, 0.2) is 0 Å². The van der Waals surface area contributed by atoms with E-state index in [4.69, 9.17) is 5.21 Å². The van der Waals surface area contributed by atoms with Crippen molar-refractivity contribution < 1.29 is 10.0 Å². The van der Waals surface area contributed by atoms with Crippen LogP contribution in [0.1, 0.15) is 33.6 Å². The molecule has 98 valence electrons. The number of likely N-dealkylation sites (tertiary alicyclic amines) is 1. The van der Waals surface area contributed by atoms with E-state index in [0.29, 0.717) is 6.42 Å². The van der Waals surface area contributed by atoms with Crippen molar-refractivity contribution in [1.29, 1.82) is 0 Å². The Kier molecular flexibility index (Phi) is 5.41. The Morgan fingerprint density at radius 2 is 2.35 bits per heavy atom. The summed E-state index contributed by atoms with van der Waals surface area (Å²) >= 11 is 0. The second kappa shape index (κ2) is 6.59. The fourth-order valence-electron chi connectivity index (χ4n) is 2.11. The first-order valence-corrected chi connectivity index (χ1v) is 6.25. The van der Waals surface area contributed by atoms with Gasteiger partial charge in [0.1, 0.15) is 0 Å². The Hall–Kier alpha value is -1.10. The minimum Gasteiger partial charge on any atom is -0.411 e. The van der Waals surface area contributed by atoms with Crippen LogP contribution in [-0.4, -0.2) is 47.4 Å². The number of carbonyl (C=O) groups is 1. The van der Waals surface area contributed by atoms with Gasteiger partial charge in [-0.3, -0.25) is 4.79 Å². The molecule has 0 aromatic rings. The standard InChI is InChI=1S/C12H23N3O2/c1-9(2)13-12(16)5-7-15-6-4-11(14-17)10(3)8-15/h9-10,17H,4-8H2,1-3H3,(H,13,16). The van der Waals surface area contributed by atoms with Crippen molar-refractivity contribution in [2.24, 2.45) is 11.1 Å². The van der Waals surface area contributed by atoms with Gasteiger partial charge in [0.05, 0.1) is 5.71 Å².